The molecular formula is C8H12NaO4P. The smallest absolute Gasteiger partial charge is 0.404 e. The summed E-state index contributed by atoms with van der Waals surface area (Å²) in [6.45, 7) is 5.00. The summed E-state index contributed by atoms with van der Waals surface area (Å²) in [5.74, 6) is 0.167. The molecule has 0 bridgehead atoms. The van der Waals surface area contributed by atoms with E-state index < -0.39 is 7.82 Å². The van der Waals surface area contributed by atoms with Crippen molar-refractivity contribution < 1.29 is 48.4 Å². The van der Waals surface area contributed by atoms with E-state index in [2.05, 4.69) is 11.4 Å². The van der Waals surface area contributed by atoms with E-state index >= 15 is 0 Å². The zero-order valence-corrected chi connectivity index (χ0v) is 11.1. The Morgan fingerprint density at radius 1 is 1.21 bits per heavy atom. The number of phosphoric acid groups is 1. The zero-order valence-electron chi connectivity index (χ0n) is 8.25. The van der Waals surface area contributed by atoms with Gasteiger partial charge in [-0.3, -0.25) is 9.79 Å². The monoisotopic (exact) mass is 226 g/mol. The van der Waals surface area contributed by atoms with E-state index in [0.29, 0.717) is 0 Å². The summed E-state index contributed by atoms with van der Waals surface area (Å²) < 4.78 is 14.5. The number of benzene rings is 1. The zero-order chi connectivity index (χ0) is 10.3. The van der Waals surface area contributed by atoms with Crippen molar-refractivity contribution in [3.63, 3.8) is 0 Å². The largest absolute Gasteiger partial charge is 1.00 e. The van der Waals surface area contributed by atoms with Gasteiger partial charge in [0.25, 0.3) is 0 Å². The maximum absolute atomic E-state index is 10.3. The van der Waals surface area contributed by atoms with Gasteiger partial charge in [-0.15, -0.1) is 0 Å². The van der Waals surface area contributed by atoms with Crippen LogP contribution in [0.4, 0.5) is 0 Å². The fourth-order valence-corrected chi connectivity index (χ4v) is 1.02. The molecule has 2 N–H and O–H groups in total. The molecule has 0 amide bonds. The molecular weight excluding hydrogens is 214 g/mol. The molecule has 1 aromatic carbocycles. The molecule has 1 aromatic rings. The van der Waals surface area contributed by atoms with Crippen molar-refractivity contribution in [1.29, 1.82) is 0 Å². The van der Waals surface area contributed by atoms with E-state index in [-0.39, 0.29) is 35.3 Å². The van der Waals surface area contributed by atoms with Gasteiger partial charge in [0.1, 0.15) is 5.75 Å². The molecule has 0 saturated carbocycles. The van der Waals surface area contributed by atoms with E-state index in [1.165, 1.54) is 12.1 Å². The third kappa shape index (κ3) is 8.75. The van der Waals surface area contributed by atoms with Gasteiger partial charge in [-0.2, -0.15) is 6.92 Å². The van der Waals surface area contributed by atoms with Crippen LogP contribution in [0.25, 0.3) is 0 Å². The first-order chi connectivity index (χ1) is 6.08. The molecule has 0 spiro atoms. The van der Waals surface area contributed by atoms with Crippen molar-refractivity contribution in [1.82, 2.24) is 0 Å². The molecule has 0 aliphatic heterocycles. The molecule has 6 heteroatoms. The maximum atomic E-state index is 10.3. The standard InChI is InChI=1S/C6H7O4P.C2H5.Na/c7-11(8,9)10-6-4-2-1-3-5-6;1-2;/h1-5H,(H2,7,8,9);1H2,2H3;/q;-1;+1. The molecule has 0 saturated heterocycles. The van der Waals surface area contributed by atoms with Gasteiger partial charge < -0.3 is 11.4 Å². The minimum absolute atomic E-state index is 0. The summed E-state index contributed by atoms with van der Waals surface area (Å²) in [4.78, 5) is 16.7. The second-order valence-electron chi connectivity index (χ2n) is 1.89. The summed E-state index contributed by atoms with van der Waals surface area (Å²) in [6, 6.07) is 7.93. The Bertz CT molecular complexity index is 272. The number of rotatable bonds is 2. The fourth-order valence-electron chi connectivity index (χ4n) is 0.619. The van der Waals surface area contributed by atoms with Crippen LogP contribution in [0.15, 0.2) is 30.3 Å². The Hall–Kier alpha value is 0.170. The predicted octanol–water partition coefficient (Wildman–Crippen LogP) is -0.998. The Labute approximate surface area is 106 Å². The fraction of sp³-hybridized carbons (Fsp3) is 0.125. The molecule has 0 fully saturated rings. The maximum Gasteiger partial charge on any atom is 1.00 e. The van der Waals surface area contributed by atoms with Crippen LogP contribution < -0.4 is 34.1 Å². The Kier molecular flexibility index (Phi) is 10.0. The molecule has 4 nitrogen and oxygen atoms in total. The van der Waals surface area contributed by atoms with Crippen LogP contribution in [-0.2, 0) is 4.57 Å². The van der Waals surface area contributed by atoms with E-state index in [1.54, 1.807) is 25.1 Å². The molecule has 14 heavy (non-hydrogen) atoms. The first kappa shape index (κ1) is 16.6. The molecule has 0 aliphatic carbocycles. The van der Waals surface area contributed by atoms with Crippen molar-refractivity contribution in [2.45, 2.75) is 6.92 Å². The third-order valence-electron chi connectivity index (χ3n) is 0.968. The van der Waals surface area contributed by atoms with E-state index in [0.717, 1.165) is 0 Å². The summed E-state index contributed by atoms with van der Waals surface area (Å²) in [5.41, 5.74) is 0. The van der Waals surface area contributed by atoms with Gasteiger partial charge in [0.05, 0.1) is 0 Å². The quantitative estimate of drug-likeness (QED) is 0.386. The summed E-state index contributed by atoms with van der Waals surface area (Å²) >= 11 is 0. The van der Waals surface area contributed by atoms with Crippen LogP contribution in [0.1, 0.15) is 6.92 Å². The van der Waals surface area contributed by atoms with Crippen LogP contribution in [0.2, 0.25) is 0 Å². The minimum atomic E-state index is -4.39. The van der Waals surface area contributed by atoms with Crippen LogP contribution in [-0.4, -0.2) is 9.79 Å². The predicted molar refractivity (Wildman–Crippen MR) is 50.1 cm³/mol. The van der Waals surface area contributed by atoms with E-state index in [4.69, 9.17) is 9.79 Å². The Morgan fingerprint density at radius 3 is 2.00 bits per heavy atom. The van der Waals surface area contributed by atoms with Gasteiger partial charge in [-0.1, -0.05) is 18.2 Å². The first-order valence-electron chi connectivity index (χ1n) is 3.59. The molecule has 0 radical (unpaired) electrons. The van der Waals surface area contributed by atoms with Crippen molar-refractivity contribution in [2.24, 2.45) is 0 Å². The van der Waals surface area contributed by atoms with Gasteiger partial charge >= 0.3 is 37.4 Å². The van der Waals surface area contributed by atoms with Crippen molar-refractivity contribution >= 4 is 7.82 Å². The van der Waals surface area contributed by atoms with Crippen molar-refractivity contribution in [3.05, 3.63) is 37.3 Å². The van der Waals surface area contributed by atoms with Crippen molar-refractivity contribution in [3.8, 4) is 5.75 Å². The van der Waals surface area contributed by atoms with Crippen molar-refractivity contribution in [2.75, 3.05) is 0 Å². The molecule has 74 valence electrons. The van der Waals surface area contributed by atoms with Crippen LogP contribution in [0.3, 0.4) is 0 Å². The van der Waals surface area contributed by atoms with Gasteiger partial charge in [-0.25, -0.2) is 4.57 Å². The van der Waals surface area contributed by atoms with Gasteiger partial charge in [0.15, 0.2) is 0 Å². The number of para-hydroxylation sites is 1. The number of phosphoric ester groups is 1. The first-order valence-corrected chi connectivity index (χ1v) is 5.12. The SMILES string of the molecule is O=P(O)(O)Oc1ccccc1.[CH2-]C.[Na+]. The summed E-state index contributed by atoms with van der Waals surface area (Å²) in [6.07, 6.45) is 0. The molecule has 0 aliphatic rings. The Morgan fingerprint density at radius 2 is 1.64 bits per heavy atom. The molecule has 0 heterocycles. The Balaban J connectivity index is 0. The second-order valence-corrected chi connectivity index (χ2v) is 3.06. The van der Waals surface area contributed by atoms with E-state index in [1.807, 2.05) is 0 Å². The normalized spacial score (nSPS) is 9.14. The van der Waals surface area contributed by atoms with E-state index in [9.17, 15) is 4.57 Å². The van der Waals surface area contributed by atoms with Crippen LogP contribution in [0, 0.1) is 6.92 Å². The van der Waals surface area contributed by atoms with Gasteiger partial charge in [-0.05, 0) is 12.1 Å². The minimum Gasteiger partial charge on any atom is -0.404 e. The van der Waals surface area contributed by atoms with Crippen LogP contribution in [0.5, 0.6) is 5.75 Å². The topological polar surface area (TPSA) is 66.8 Å². The van der Waals surface area contributed by atoms with Gasteiger partial charge in [0.2, 0.25) is 0 Å². The molecule has 0 unspecified atom stereocenters. The summed E-state index contributed by atoms with van der Waals surface area (Å²) in [7, 11) is -4.39. The third-order valence-corrected chi connectivity index (χ3v) is 1.42. The number of hydrogen-bond donors (Lipinski definition) is 2. The molecule has 0 atom stereocenters. The number of hydrogen-bond acceptors (Lipinski definition) is 2. The van der Waals surface area contributed by atoms with Gasteiger partial charge in [0, 0.05) is 0 Å². The average Bonchev–Trinajstić information content (AvgIpc) is 2.07. The molecule has 1 rings (SSSR count). The molecule has 0 aromatic heterocycles. The van der Waals surface area contributed by atoms with Crippen LogP contribution >= 0.6 is 7.82 Å². The summed E-state index contributed by atoms with van der Waals surface area (Å²) in [5, 5.41) is 0. The second kappa shape index (κ2) is 8.48. The average molecular weight is 226 g/mol.